The lowest BCUT2D eigenvalue weighted by Gasteiger charge is -2.10. The zero-order valence-corrected chi connectivity index (χ0v) is 11.4. The van der Waals surface area contributed by atoms with Crippen molar-refractivity contribution in [2.75, 3.05) is 25.2 Å². The Balaban J connectivity index is 2.62. The smallest absolute Gasteiger partial charge is 0.232 e. The molecule has 1 atom stereocenters. The highest BCUT2D eigenvalue weighted by Crippen LogP contribution is 2.21. The summed E-state index contributed by atoms with van der Waals surface area (Å²) in [6.45, 7) is 2.99. The number of halogens is 1. The maximum Gasteiger partial charge on any atom is 0.232 e. The van der Waals surface area contributed by atoms with E-state index in [1.165, 1.54) is 0 Å². The maximum atomic E-state index is 5.08. The van der Waals surface area contributed by atoms with Gasteiger partial charge in [-0.05, 0) is 22.2 Å². The summed E-state index contributed by atoms with van der Waals surface area (Å²) in [7, 11) is 1.58. The first-order valence-corrected chi connectivity index (χ1v) is 6.58. The van der Waals surface area contributed by atoms with E-state index in [9.17, 15) is 0 Å². The van der Waals surface area contributed by atoms with Gasteiger partial charge in [-0.1, -0.05) is 6.92 Å². The minimum absolute atomic E-state index is 0.531. The number of anilines is 1. The maximum absolute atomic E-state index is 5.08. The standard InChI is InChI=1S/C9H14BrN3OS/c1-6(15-3)4-11-9-12-5-7(10)8(13-9)14-2/h5-6H,4H2,1-3H3,(H,11,12,13). The number of rotatable bonds is 5. The molecular formula is C9H14BrN3OS. The molecule has 0 aromatic carbocycles. The second-order valence-electron chi connectivity index (χ2n) is 2.98. The van der Waals surface area contributed by atoms with Crippen LogP contribution in [-0.2, 0) is 0 Å². The van der Waals surface area contributed by atoms with Gasteiger partial charge in [0, 0.05) is 11.8 Å². The number of ether oxygens (including phenoxy) is 1. The third-order valence-electron chi connectivity index (χ3n) is 1.86. The third-order valence-corrected chi connectivity index (χ3v) is 3.37. The topological polar surface area (TPSA) is 47.0 Å². The molecule has 0 aliphatic rings. The quantitative estimate of drug-likeness (QED) is 0.903. The first-order chi connectivity index (χ1) is 7.17. The molecule has 1 aromatic heterocycles. The van der Waals surface area contributed by atoms with Crippen LogP contribution in [0, 0.1) is 0 Å². The molecule has 1 N–H and O–H groups in total. The van der Waals surface area contributed by atoms with Gasteiger partial charge < -0.3 is 10.1 Å². The second-order valence-corrected chi connectivity index (χ2v) is 5.11. The van der Waals surface area contributed by atoms with E-state index in [1.807, 2.05) is 0 Å². The highest BCUT2D eigenvalue weighted by Gasteiger charge is 2.05. The van der Waals surface area contributed by atoms with Gasteiger partial charge in [-0.25, -0.2) is 4.98 Å². The Kier molecular flexibility index (Phi) is 5.17. The Hall–Kier alpha value is -0.490. The van der Waals surface area contributed by atoms with Gasteiger partial charge in [-0.15, -0.1) is 0 Å². The summed E-state index contributed by atoms with van der Waals surface area (Å²) in [6, 6.07) is 0. The molecule has 0 spiro atoms. The first kappa shape index (κ1) is 12.6. The van der Waals surface area contributed by atoms with Crippen molar-refractivity contribution in [1.82, 2.24) is 9.97 Å². The molecule has 1 rings (SSSR count). The average Bonchev–Trinajstić information content (AvgIpc) is 2.27. The Bertz CT molecular complexity index is 324. The summed E-state index contributed by atoms with van der Waals surface area (Å²) in [4.78, 5) is 8.33. The van der Waals surface area contributed by atoms with Gasteiger partial charge >= 0.3 is 0 Å². The van der Waals surface area contributed by atoms with Crippen molar-refractivity contribution in [1.29, 1.82) is 0 Å². The van der Waals surface area contributed by atoms with E-state index in [2.05, 4.69) is 44.4 Å². The summed E-state index contributed by atoms with van der Waals surface area (Å²) in [5.41, 5.74) is 0. The number of nitrogens with zero attached hydrogens (tertiary/aromatic N) is 2. The van der Waals surface area contributed by atoms with E-state index in [0.717, 1.165) is 11.0 Å². The van der Waals surface area contributed by atoms with Crippen LogP contribution in [0.25, 0.3) is 0 Å². The Labute approximate surface area is 102 Å². The number of hydrogen-bond donors (Lipinski definition) is 1. The largest absolute Gasteiger partial charge is 0.480 e. The Morgan fingerprint density at radius 1 is 1.67 bits per heavy atom. The predicted octanol–water partition coefficient (Wildman–Crippen LogP) is 2.41. The average molecular weight is 292 g/mol. The number of aromatic nitrogens is 2. The summed E-state index contributed by atoms with van der Waals surface area (Å²) in [5, 5.41) is 3.68. The lowest BCUT2D eigenvalue weighted by molar-refractivity contribution is 0.394. The number of nitrogens with one attached hydrogen (secondary N) is 1. The van der Waals surface area contributed by atoms with Crippen LogP contribution < -0.4 is 10.1 Å². The number of methoxy groups -OCH3 is 1. The Morgan fingerprint density at radius 3 is 3.00 bits per heavy atom. The van der Waals surface area contributed by atoms with Gasteiger partial charge in [0.05, 0.1) is 17.8 Å². The first-order valence-electron chi connectivity index (χ1n) is 4.50. The molecule has 0 aliphatic heterocycles. The van der Waals surface area contributed by atoms with Crippen LogP contribution in [-0.4, -0.2) is 35.1 Å². The molecule has 0 saturated carbocycles. The fraction of sp³-hybridized carbons (Fsp3) is 0.556. The molecule has 1 aromatic rings. The van der Waals surface area contributed by atoms with Gasteiger partial charge in [-0.3, -0.25) is 0 Å². The van der Waals surface area contributed by atoms with Crippen LogP contribution in [0.3, 0.4) is 0 Å². The molecule has 1 unspecified atom stereocenters. The second kappa shape index (κ2) is 6.17. The summed E-state index contributed by atoms with van der Waals surface area (Å²) < 4.78 is 5.83. The lowest BCUT2D eigenvalue weighted by atomic mass is 10.5. The van der Waals surface area contributed by atoms with E-state index >= 15 is 0 Å². The van der Waals surface area contributed by atoms with E-state index in [-0.39, 0.29) is 0 Å². The molecule has 6 heteroatoms. The van der Waals surface area contributed by atoms with Crippen molar-refractivity contribution in [3.8, 4) is 5.88 Å². The van der Waals surface area contributed by atoms with Crippen LogP contribution in [0.15, 0.2) is 10.7 Å². The normalized spacial score (nSPS) is 12.3. The van der Waals surface area contributed by atoms with Crippen molar-refractivity contribution >= 4 is 33.6 Å². The minimum Gasteiger partial charge on any atom is -0.480 e. The van der Waals surface area contributed by atoms with Crippen molar-refractivity contribution in [3.05, 3.63) is 10.7 Å². The molecule has 0 radical (unpaired) electrons. The van der Waals surface area contributed by atoms with Crippen LogP contribution in [0.5, 0.6) is 5.88 Å². The van der Waals surface area contributed by atoms with Gasteiger partial charge in [0.2, 0.25) is 11.8 Å². The molecule has 1 heterocycles. The van der Waals surface area contributed by atoms with Crippen molar-refractivity contribution in [3.63, 3.8) is 0 Å². The summed E-state index contributed by atoms with van der Waals surface area (Å²) >= 11 is 5.10. The van der Waals surface area contributed by atoms with E-state index < -0.39 is 0 Å². The van der Waals surface area contributed by atoms with Gasteiger partial charge in [0.25, 0.3) is 0 Å². The van der Waals surface area contributed by atoms with Gasteiger partial charge in [-0.2, -0.15) is 16.7 Å². The fourth-order valence-corrected chi connectivity index (χ4v) is 1.50. The zero-order valence-electron chi connectivity index (χ0n) is 8.95. The van der Waals surface area contributed by atoms with Crippen LogP contribution in [0.1, 0.15) is 6.92 Å². The number of hydrogen-bond acceptors (Lipinski definition) is 5. The molecule has 84 valence electrons. The van der Waals surface area contributed by atoms with Crippen LogP contribution in [0.4, 0.5) is 5.95 Å². The molecule has 4 nitrogen and oxygen atoms in total. The van der Waals surface area contributed by atoms with E-state index in [1.54, 1.807) is 25.1 Å². The number of thioether (sulfide) groups is 1. The lowest BCUT2D eigenvalue weighted by Crippen LogP contribution is -2.14. The highest BCUT2D eigenvalue weighted by molar-refractivity contribution is 9.10. The third kappa shape index (κ3) is 3.87. The van der Waals surface area contributed by atoms with E-state index in [0.29, 0.717) is 17.1 Å². The summed E-state index contributed by atoms with van der Waals surface area (Å²) in [6.07, 6.45) is 3.76. The Morgan fingerprint density at radius 2 is 2.40 bits per heavy atom. The van der Waals surface area contributed by atoms with Gasteiger partial charge in [0.15, 0.2) is 0 Å². The molecule has 0 aliphatic carbocycles. The van der Waals surface area contributed by atoms with Crippen LogP contribution >= 0.6 is 27.7 Å². The van der Waals surface area contributed by atoms with E-state index in [4.69, 9.17) is 4.74 Å². The van der Waals surface area contributed by atoms with Crippen molar-refractivity contribution < 1.29 is 4.74 Å². The molecular weight excluding hydrogens is 278 g/mol. The summed E-state index contributed by atoms with van der Waals surface area (Å²) in [5.74, 6) is 1.14. The molecule has 0 bridgehead atoms. The fourth-order valence-electron chi connectivity index (χ4n) is 0.898. The van der Waals surface area contributed by atoms with Crippen molar-refractivity contribution in [2.45, 2.75) is 12.2 Å². The monoisotopic (exact) mass is 291 g/mol. The van der Waals surface area contributed by atoms with Gasteiger partial charge in [0.1, 0.15) is 0 Å². The highest BCUT2D eigenvalue weighted by atomic mass is 79.9. The van der Waals surface area contributed by atoms with Crippen molar-refractivity contribution in [2.24, 2.45) is 0 Å². The molecule has 15 heavy (non-hydrogen) atoms. The zero-order chi connectivity index (χ0) is 11.3. The minimum atomic E-state index is 0.531. The molecule has 0 amide bonds. The van der Waals surface area contributed by atoms with Crippen LogP contribution in [0.2, 0.25) is 0 Å². The predicted molar refractivity (Wildman–Crippen MR) is 67.8 cm³/mol. The molecule has 0 fully saturated rings. The molecule has 0 saturated heterocycles. The SMILES string of the molecule is COc1nc(NCC(C)SC)ncc1Br.